The highest BCUT2D eigenvalue weighted by molar-refractivity contribution is 5.25. The molecule has 0 atom stereocenters. The first-order chi connectivity index (χ1) is 9.29. The van der Waals surface area contributed by atoms with E-state index in [9.17, 15) is 4.39 Å². The molecule has 0 fully saturated rings. The monoisotopic (exact) mass is 262 g/mol. The first-order valence-corrected chi connectivity index (χ1v) is 6.06. The zero-order chi connectivity index (χ0) is 13.5. The van der Waals surface area contributed by atoms with Gasteiger partial charge in [0.25, 0.3) is 0 Å². The third kappa shape index (κ3) is 3.99. The van der Waals surface area contributed by atoms with Gasteiger partial charge in [-0.1, -0.05) is 0 Å². The molecule has 5 heteroatoms. The van der Waals surface area contributed by atoms with Crippen molar-refractivity contribution >= 4 is 0 Å². The van der Waals surface area contributed by atoms with Gasteiger partial charge in [-0.15, -0.1) is 0 Å². The molecule has 1 N–H and O–H groups in total. The fourth-order valence-electron chi connectivity index (χ4n) is 1.71. The molecule has 0 saturated heterocycles. The largest absolute Gasteiger partial charge is 0.477 e. The van der Waals surface area contributed by atoms with Gasteiger partial charge in [0.15, 0.2) is 0 Å². The van der Waals surface area contributed by atoms with E-state index in [0.29, 0.717) is 18.1 Å². The Morgan fingerprint density at radius 1 is 1.26 bits per heavy atom. The molecule has 2 aromatic rings. The molecule has 0 aromatic carbocycles. The van der Waals surface area contributed by atoms with Crippen LogP contribution in [0.1, 0.15) is 17.5 Å². The second-order valence-electron chi connectivity index (χ2n) is 4.08. The summed E-state index contributed by atoms with van der Waals surface area (Å²) < 4.78 is 18.4. The van der Waals surface area contributed by atoms with Crippen molar-refractivity contribution in [1.82, 2.24) is 9.97 Å². The minimum atomic E-state index is -0.479. The summed E-state index contributed by atoms with van der Waals surface area (Å²) in [5.41, 5.74) is 1.55. The second-order valence-corrected chi connectivity index (χ2v) is 4.08. The molecule has 0 amide bonds. The maximum atomic E-state index is 12.9. The number of hydrogen-bond donors (Lipinski definition) is 1. The van der Waals surface area contributed by atoms with E-state index in [4.69, 9.17) is 9.84 Å². The SMILES string of the molecule is OCc1cc(F)cnc1OCCCc1ccncc1. The summed E-state index contributed by atoms with van der Waals surface area (Å²) in [6.07, 6.45) is 6.27. The van der Waals surface area contributed by atoms with Crippen molar-refractivity contribution in [3.05, 3.63) is 53.7 Å². The van der Waals surface area contributed by atoms with E-state index in [2.05, 4.69) is 9.97 Å². The number of rotatable bonds is 6. The van der Waals surface area contributed by atoms with Gasteiger partial charge in [0.2, 0.25) is 5.88 Å². The van der Waals surface area contributed by atoms with Crippen LogP contribution in [0.2, 0.25) is 0 Å². The first kappa shape index (κ1) is 13.4. The minimum Gasteiger partial charge on any atom is -0.477 e. The van der Waals surface area contributed by atoms with Gasteiger partial charge in [-0.05, 0) is 36.6 Å². The molecule has 100 valence electrons. The maximum Gasteiger partial charge on any atom is 0.219 e. The highest BCUT2D eigenvalue weighted by Gasteiger charge is 2.06. The molecule has 0 aliphatic heterocycles. The Labute approximate surface area is 110 Å². The lowest BCUT2D eigenvalue weighted by molar-refractivity contribution is 0.254. The van der Waals surface area contributed by atoms with E-state index in [-0.39, 0.29) is 6.61 Å². The number of aryl methyl sites for hydroxylation is 1. The van der Waals surface area contributed by atoms with E-state index in [0.717, 1.165) is 19.0 Å². The molecule has 0 aliphatic rings. The Balaban J connectivity index is 1.83. The van der Waals surface area contributed by atoms with Gasteiger partial charge in [-0.3, -0.25) is 4.98 Å². The van der Waals surface area contributed by atoms with Crippen LogP contribution in [0, 0.1) is 5.82 Å². The van der Waals surface area contributed by atoms with E-state index < -0.39 is 5.82 Å². The molecule has 0 unspecified atom stereocenters. The van der Waals surface area contributed by atoms with E-state index in [1.807, 2.05) is 12.1 Å². The van der Waals surface area contributed by atoms with Crippen LogP contribution in [-0.2, 0) is 13.0 Å². The van der Waals surface area contributed by atoms with Gasteiger partial charge < -0.3 is 9.84 Å². The van der Waals surface area contributed by atoms with Crippen LogP contribution >= 0.6 is 0 Å². The number of aliphatic hydroxyl groups is 1. The summed E-state index contributed by atoms with van der Waals surface area (Å²) in [6, 6.07) is 5.13. The van der Waals surface area contributed by atoms with Crippen LogP contribution in [0.15, 0.2) is 36.8 Å². The minimum absolute atomic E-state index is 0.287. The third-order valence-electron chi connectivity index (χ3n) is 2.66. The Hall–Kier alpha value is -2.01. The fraction of sp³-hybridized carbons (Fsp3) is 0.286. The van der Waals surface area contributed by atoms with Gasteiger partial charge in [-0.2, -0.15) is 0 Å². The highest BCUT2D eigenvalue weighted by atomic mass is 19.1. The molecule has 2 rings (SSSR count). The van der Waals surface area contributed by atoms with Crippen molar-refractivity contribution in [1.29, 1.82) is 0 Å². The highest BCUT2D eigenvalue weighted by Crippen LogP contribution is 2.16. The van der Waals surface area contributed by atoms with Crippen molar-refractivity contribution < 1.29 is 14.2 Å². The summed E-state index contributed by atoms with van der Waals surface area (Å²) in [7, 11) is 0. The molecule has 19 heavy (non-hydrogen) atoms. The fourth-order valence-corrected chi connectivity index (χ4v) is 1.71. The van der Waals surface area contributed by atoms with Crippen molar-refractivity contribution in [2.45, 2.75) is 19.4 Å². The molecule has 0 radical (unpaired) electrons. The zero-order valence-corrected chi connectivity index (χ0v) is 10.4. The lowest BCUT2D eigenvalue weighted by Gasteiger charge is -2.08. The van der Waals surface area contributed by atoms with Crippen LogP contribution in [0.25, 0.3) is 0 Å². The van der Waals surface area contributed by atoms with E-state index in [1.165, 1.54) is 11.6 Å². The average molecular weight is 262 g/mol. The summed E-state index contributed by atoms with van der Waals surface area (Å²) in [5.74, 6) is -0.188. The lowest BCUT2D eigenvalue weighted by Crippen LogP contribution is -2.04. The molecule has 0 spiro atoms. The van der Waals surface area contributed by atoms with Crippen LogP contribution < -0.4 is 4.74 Å². The van der Waals surface area contributed by atoms with Gasteiger partial charge >= 0.3 is 0 Å². The Bertz CT molecular complexity index is 520. The summed E-state index contributed by atoms with van der Waals surface area (Å²) >= 11 is 0. The summed E-state index contributed by atoms with van der Waals surface area (Å²) in [5, 5.41) is 9.08. The first-order valence-electron chi connectivity index (χ1n) is 6.06. The number of aromatic nitrogens is 2. The number of aliphatic hydroxyl groups excluding tert-OH is 1. The van der Waals surface area contributed by atoms with Gasteiger partial charge in [-0.25, -0.2) is 9.37 Å². The number of halogens is 1. The maximum absolute atomic E-state index is 12.9. The molecule has 4 nitrogen and oxygen atoms in total. The van der Waals surface area contributed by atoms with Crippen LogP contribution in [0.4, 0.5) is 4.39 Å². The number of hydrogen-bond acceptors (Lipinski definition) is 4. The van der Waals surface area contributed by atoms with Crippen molar-refractivity contribution in [2.24, 2.45) is 0 Å². The topological polar surface area (TPSA) is 55.2 Å². The zero-order valence-electron chi connectivity index (χ0n) is 10.4. The number of nitrogens with zero attached hydrogens (tertiary/aromatic N) is 2. The molecular weight excluding hydrogens is 247 g/mol. The molecule has 2 heterocycles. The quantitative estimate of drug-likeness (QED) is 0.810. The number of pyridine rings is 2. The molecule has 0 saturated carbocycles. The third-order valence-corrected chi connectivity index (χ3v) is 2.66. The Kier molecular flexibility index (Phi) is 4.80. The van der Waals surface area contributed by atoms with Gasteiger partial charge in [0.05, 0.1) is 19.4 Å². The Morgan fingerprint density at radius 3 is 2.79 bits per heavy atom. The molecule has 2 aromatic heterocycles. The van der Waals surface area contributed by atoms with E-state index in [1.54, 1.807) is 12.4 Å². The number of ether oxygens (including phenoxy) is 1. The molecule has 0 bridgehead atoms. The van der Waals surface area contributed by atoms with Crippen molar-refractivity contribution in [3.8, 4) is 5.88 Å². The van der Waals surface area contributed by atoms with Crippen LogP contribution in [0.3, 0.4) is 0 Å². The van der Waals surface area contributed by atoms with Gasteiger partial charge in [0.1, 0.15) is 5.82 Å². The summed E-state index contributed by atoms with van der Waals surface area (Å²) in [6.45, 7) is 0.179. The predicted molar refractivity (Wildman–Crippen MR) is 68.2 cm³/mol. The predicted octanol–water partition coefficient (Wildman–Crippen LogP) is 2.12. The smallest absolute Gasteiger partial charge is 0.219 e. The average Bonchev–Trinajstić information content (AvgIpc) is 2.46. The molecule has 0 aliphatic carbocycles. The van der Waals surface area contributed by atoms with Crippen LogP contribution in [0.5, 0.6) is 5.88 Å². The van der Waals surface area contributed by atoms with E-state index >= 15 is 0 Å². The molecular formula is C14H15FN2O2. The standard InChI is InChI=1S/C14H15FN2O2/c15-13-8-12(10-18)14(17-9-13)19-7-1-2-11-3-5-16-6-4-11/h3-6,8-9,18H,1-2,7,10H2. The summed E-state index contributed by atoms with van der Waals surface area (Å²) in [4.78, 5) is 7.77. The Morgan fingerprint density at radius 2 is 2.05 bits per heavy atom. The normalized spacial score (nSPS) is 10.4. The van der Waals surface area contributed by atoms with Gasteiger partial charge in [0, 0.05) is 18.0 Å². The van der Waals surface area contributed by atoms with Crippen molar-refractivity contribution in [3.63, 3.8) is 0 Å². The lowest BCUT2D eigenvalue weighted by atomic mass is 10.1. The second kappa shape index (κ2) is 6.80. The van der Waals surface area contributed by atoms with Crippen molar-refractivity contribution in [2.75, 3.05) is 6.61 Å². The van der Waals surface area contributed by atoms with Crippen LogP contribution in [-0.4, -0.2) is 21.7 Å².